The monoisotopic (exact) mass is 497 g/mol. The summed E-state index contributed by atoms with van der Waals surface area (Å²) in [7, 11) is 1.55. The van der Waals surface area contributed by atoms with Crippen molar-refractivity contribution >= 4 is 11.9 Å². The second kappa shape index (κ2) is 12.3. The van der Waals surface area contributed by atoms with Gasteiger partial charge in [-0.2, -0.15) is 5.10 Å². The van der Waals surface area contributed by atoms with Crippen molar-refractivity contribution in [3.63, 3.8) is 0 Å². The molecule has 8 heteroatoms. The fraction of sp³-hybridized carbons (Fsp3) is 0.393. The van der Waals surface area contributed by atoms with Crippen LogP contribution in [0.5, 0.6) is 5.75 Å². The van der Waals surface area contributed by atoms with Crippen molar-refractivity contribution < 1.29 is 23.8 Å². The Bertz CT molecular complexity index is 1170. The number of nitrogens with zero attached hydrogens (tertiary/aromatic N) is 2. The molecule has 4 rings (SSSR count). The number of hydrogen-bond donors (Lipinski definition) is 2. The summed E-state index contributed by atoms with van der Waals surface area (Å²) in [4.78, 5) is 25.6. The molecule has 0 atom stereocenters. The van der Waals surface area contributed by atoms with Gasteiger partial charge in [0, 0.05) is 5.56 Å². The minimum absolute atomic E-state index is 0. The molecule has 7 nitrogen and oxygen atoms in total. The first-order valence-electron chi connectivity index (χ1n) is 11.5. The van der Waals surface area contributed by atoms with Crippen molar-refractivity contribution in [3.05, 3.63) is 66.1 Å². The number of methoxy groups -OCH3 is 1. The van der Waals surface area contributed by atoms with Crippen LogP contribution in [-0.2, 0) is 4.79 Å². The highest BCUT2D eigenvalue weighted by atomic mass is 19.1. The number of aliphatic carboxylic acids is 1. The average molecular weight is 498 g/mol. The predicted molar refractivity (Wildman–Crippen MR) is 139 cm³/mol. The summed E-state index contributed by atoms with van der Waals surface area (Å²) in [6.07, 6.45) is 5.21. The van der Waals surface area contributed by atoms with E-state index < -0.39 is 17.4 Å². The Balaban J connectivity index is 0.00000228. The maximum Gasteiger partial charge on any atom is 0.329 e. The number of ether oxygens (including phenoxy) is 1. The third-order valence-corrected chi connectivity index (χ3v) is 6.37. The highest BCUT2D eigenvalue weighted by molar-refractivity contribution is 5.97. The van der Waals surface area contributed by atoms with E-state index in [9.17, 15) is 19.1 Å². The van der Waals surface area contributed by atoms with Gasteiger partial charge in [0.2, 0.25) is 0 Å². The lowest BCUT2D eigenvalue weighted by Gasteiger charge is -2.32. The van der Waals surface area contributed by atoms with Crippen LogP contribution in [0.3, 0.4) is 0 Å². The van der Waals surface area contributed by atoms with Crippen molar-refractivity contribution in [2.75, 3.05) is 7.11 Å². The Kier molecular flexibility index (Phi) is 9.78. The van der Waals surface area contributed by atoms with Crippen LogP contribution in [0.4, 0.5) is 4.39 Å². The molecule has 1 saturated carbocycles. The number of aromatic nitrogens is 2. The van der Waals surface area contributed by atoms with Crippen molar-refractivity contribution in [3.8, 4) is 22.7 Å². The largest absolute Gasteiger partial charge is 0.496 e. The molecule has 1 aromatic heterocycles. The Morgan fingerprint density at radius 1 is 1.00 bits per heavy atom. The van der Waals surface area contributed by atoms with Crippen LogP contribution in [0.2, 0.25) is 0 Å². The van der Waals surface area contributed by atoms with Crippen LogP contribution in [0.1, 0.15) is 70.3 Å². The van der Waals surface area contributed by atoms with E-state index >= 15 is 0 Å². The summed E-state index contributed by atoms with van der Waals surface area (Å²) in [6.45, 7) is 0. The first kappa shape index (κ1) is 28.6. The number of nitrogens with one attached hydrogen (secondary N) is 1. The molecular weight excluding hydrogens is 461 g/mol. The van der Waals surface area contributed by atoms with Crippen LogP contribution in [0, 0.1) is 5.82 Å². The van der Waals surface area contributed by atoms with E-state index in [1.807, 2.05) is 18.2 Å². The molecule has 0 aliphatic heterocycles. The van der Waals surface area contributed by atoms with Gasteiger partial charge in [0.05, 0.1) is 18.5 Å². The molecule has 0 radical (unpaired) electrons. The van der Waals surface area contributed by atoms with Gasteiger partial charge in [-0.3, -0.25) is 4.79 Å². The number of para-hydroxylation sites is 1. The Morgan fingerprint density at radius 3 is 2.22 bits per heavy atom. The number of carbonyl (C=O) groups excluding carboxylic acids is 1. The Morgan fingerprint density at radius 2 is 1.61 bits per heavy atom. The lowest BCUT2D eigenvalue weighted by Crippen LogP contribution is -2.54. The predicted octanol–water partition coefficient (Wildman–Crippen LogP) is 6.26. The number of rotatable bonds is 6. The third kappa shape index (κ3) is 5.93. The Labute approximate surface area is 212 Å². The van der Waals surface area contributed by atoms with Gasteiger partial charge in [0.15, 0.2) is 5.69 Å². The number of carbonyl (C=O) groups is 2. The van der Waals surface area contributed by atoms with E-state index in [1.54, 1.807) is 31.4 Å². The van der Waals surface area contributed by atoms with E-state index in [0.29, 0.717) is 35.5 Å². The summed E-state index contributed by atoms with van der Waals surface area (Å²) in [5.74, 6) is -1.38. The quantitative estimate of drug-likeness (QED) is 0.419. The molecule has 2 aromatic carbocycles. The topological polar surface area (TPSA) is 93.4 Å². The summed E-state index contributed by atoms with van der Waals surface area (Å²) >= 11 is 0. The lowest BCUT2D eigenvalue weighted by molar-refractivity contribution is -0.145. The average Bonchev–Trinajstić information content (AvgIpc) is 3.26. The van der Waals surface area contributed by atoms with E-state index in [4.69, 9.17) is 4.74 Å². The van der Waals surface area contributed by atoms with Gasteiger partial charge < -0.3 is 15.2 Å². The van der Waals surface area contributed by atoms with Crippen molar-refractivity contribution in [1.29, 1.82) is 0 Å². The van der Waals surface area contributed by atoms with Gasteiger partial charge >= 0.3 is 5.97 Å². The number of amides is 1. The highest BCUT2D eigenvalue weighted by Crippen LogP contribution is 2.33. The fourth-order valence-corrected chi connectivity index (χ4v) is 4.50. The molecule has 2 N–H and O–H groups in total. The second-order valence-corrected chi connectivity index (χ2v) is 8.61. The molecule has 0 spiro atoms. The van der Waals surface area contributed by atoms with Crippen LogP contribution in [-0.4, -0.2) is 39.4 Å². The van der Waals surface area contributed by atoms with Crippen molar-refractivity contribution in [2.24, 2.45) is 0 Å². The van der Waals surface area contributed by atoms with Gasteiger partial charge in [-0.15, -0.1) is 0 Å². The lowest BCUT2D eigenvalue weighted by atomic mass is 9.83. The molecule has 36 heavy (non-hydrogen) atoms. The van der Waals surface area contributed by atoms with Gasteiger partial charge in [-0.05, 0) is 55.3 Å². The molecular formula is C28H36FN3O4. The molecule has 194 valence electrons. The summed E-state index contributed by atoms with van der Waals surface area (Å²) < 4.78 is 20.6. The van der Waals surface area contributed by atoms with E-state index in [-0.39, 0.29) is 26.4 Å². The molecule has 0 bridgehead atoms. The first-order valence-corrected chi connectivity index (χ1v) is 11.5. The van der Waals surface area contributed by atoms with Crippen LogP contribution < -0.4 is 10.1 Å². The first-order chi connectivity index (χ1) is 16.4. The summed E-state index contributed by atoms with van der Waals surface area (Å²) in [5.41, 5.74) is 0.575. The molecule has 1 aliphatic rings. The van der Waals surface area contributed by atoms with E-state index in [2.05, 4.69) is 10.4 Å². The van der Waals surface area contributed by atoms with E-state index in [0.717, 1.165) is 32.1 Å². The standard InChI is InChI=1S/C26H28FN3O4.2CH4/c1-34-23-10-6-5-9-20(23)22-17-21(29-30(22)19-13-11-18(27)12-14-19)24(31)28-26(25(32)33)15-7-3-2-4-8-16-26;;/h5-6,9-14,17H,2-4,7-8,15-16H2,1H3,(H,28,31)(H,32,33);2*1H4. The number of halogens is 1. The minimum Gasteiger partial charge on any atom is -0.496 e. The van der Waals surface area contributed by atoms with Crippen LogP contribution in [0.15, 0.2) is 54.6 Å². The van der Waals surface area contributed by atoms with Gasteiger partial charge in [0.25, 0.3) is 5.91 Å². The van der Waals surface area contributed by atoms with Gasteiger partial charge in [0.1, 0.15) is 17.1 Å². The molecule has 1 fully saturated rings. The number of carboxylic acid groups (broad SMARTS) is 1. The fourth-order valence-electron chi connectivity index (χ4n) is 4.50. The van der Waals surface area contributed by atoms with Crippen molar-refractivity contribution in [1.82, 2.24) is 15.1 Å². The molecule has 0 saturated heterocycles. The maximum atomic E-state index is 13.5. The summed E-state index contributed by atoms with van der Waals surface area (Å²) in [6, 6.07) is 14.7. The molecule has 1 aliphatic carbocycles. The molecule has 1 amide bonds. The minimum atomic E-state index is -1.32. The molecule has 0 unspecified atom stereocenters. The zero-order chi connectivity index (χ0) is 24.1. The normalized spacial score (nSPS) is 14.8. The second-order valence-electron chi connectivity index (χ2n) is 8.61. The van der Waals surface area contributed by atoms with Crippen LogP contribution in [0.25, 0.3) is 16.9 Å². The molecule has 3 aromatic rings. The molecule has 1 heterocycles. The van der Waals surface area contributed by atoms with Crippen molar-refractivity contribution in [2.45, 2.75) is 65.3 Å². The zero-order valence-corrected chi connectivity index (χ0v) is 19.1. The third-order valence-electron chi connectivity index (χ3n) is 6.37. The Hall–Kier alpha value is -3.68. The SMILES string of the molecule is C.C.COc1ccccc1-c1cc(C(=O)NC2(C(=O)O)CCCCCCC2)nn1-c1ccc(F)cc1. The van der Waals surface area contributed by atoms with E-state index in [1.165, 1.54) is 16.8 Å². The zero-order valence-electron chi connectivity index (χ0n) is 19.1. The smallest absolute Gasteiger partial charge is 0.329 e. The number of benzene rings is 2. The maximum absolute atomic E-state index is 13.5. The highest BCUT2D eigenvalue weighted by Gasteiger charge is 2.40. The number of hydrogen-bond acceptors (Lipinski definition) is 4. The van der Waals surface area contributed by atoms with Gasteiger partial charge in [-0.25, -0.2) is 13.9 Å². The number of carboxylic acids is 1. The van der Waals surface area contributed by atoms with Gasteiger partial charge in [-0.1, -0.05) is 59.1 Å². The van der Waals surface area contributed by atoms with Crippen LogP contribution >= 0.6 is 0 Å². The summed E-state index contributed by atoms with van der Waals surface area (Å²) in [5, 5.41) is 17.3.